The van der Waals surface area contributed by atoms with Crippen LogP contribution in [0.4, 0.5) is 18.0 Å². The van der Waals surface area contributed by atoms with E-state index in [9.17, 15) is 18.0 Å². The Kier molecular flexibility index (Phi) is 1.54. The first-order chi connectivity index (χ1) is 4.91. The molecule has 0 amide bonds. The Hall–Kier alpha value is -1.20. The summed E-state index contributed by atoms with van der Waals surface area (Å²) in [5, 5.41) is 0. The highest BCUT2D eigenvalue weighted by Gasteiger charge is 2.50. The fourth-order valence-corrected chi connectivity index (χ4v) is 0.596. The van der Waals surface area contributed by atoms with Gasteiger partial charge in [0.05, 0.1) is 0 Å². The van der Waals surface area contributed by atoms with Gasteiger partial charge in [0.25, 0.3) is 6.10 Å². The van der Waals surface area contributed by atoms with Gasteiger partial charge < -0.3 is 9.47 Å². The standard InChI is InChI=1S/C5H3F3O3/c1-2-3(5(6,7)8)11-4(9)10-2/h3H,1H2. The van der Waals surface area contributed by atoms with Gasteiger partial charge in [-0.05, 0) is 0 Å². The van der Waals surface area contributed by atoms with Crippen molar-refractivity contribution in [2.45, 2.75) is 12.3 Å². The summed E-state index contributed by atoms with van der Waals surface area (Å²) in [6.45, 7) is 2.86. The topological polar surface area (TPSA) is 35.5 Å². The lowest BCUT2D eigenvalue weighted by molar-refractivity contribution is -0.185. The second kappa shape index (κ2) is 2.14. The molecule has 0 aromatic rings. The molecule has 11 heavy (non-hydrogen) atoms. The van der Waals surface area contributed by atoms with Crippen molar-refractivity contribution in [3.8, 4) is 0 Å². The van der Waals surface area contributed by atoms with Gasteiger partial charge in [0.1, 0.15) is 0 Å². The lowest BCUT2D eigenvalue weighted by Gasteiger charge is -2.10. The predicted molar refractivity (Wildman–Crippen MR) is 26.5 cm³/mol. The van der Waals surface area contributed by atoms with Gasteiger partial charge in [-0.1, -0.05) is 6.58 Å². The third-order valence-corrected chi connectivity index (χ3v) is 1.02. The summed E-state index contributed by atoms with van der Waals surface area (Å²) in [5.41, 5.74) is 0. The summed E-state index contributed by atoms with van der Waals surface area (Å²) in [7, 11) is 0. The van der Waals surface area contributed by atoms with Crippen LogP contribution in [0.5, 0.6) is 0 Å². The molecular formula is C5H3F3O3. The molecule has 1 rings (SSSR count). The smallest absolute Gasteiger partial charge is 0.413 e. The molecule has 1 atom stereocenters. The van der Waals surface area contributed by atoms with E-state index in [2.05, 4.69) is 16.1 Å². The molecule has 3 nitrogen and oxygen atoms in total. The average Bonchev–Trinajstić information content (AvgIpc) is 2.08. The molecule has 1 aliphatic heterocycles. The van der Waals surface area contributed by atoms with Gasteiger partial charge in [0.15, 0.2) is 5.76 Å². The molecule has 0 spiro atoms. The molecule has 1 heterocycles. The summed E-state index contributed by atoms with van der Waals surface area (Å²) in [6, 6.07) is 0. The second-order valence-electron chi connectivity index (χ2n) is 1.86. The summed E-state index contributed by atoms with van der Waals surface area (Å²) >= 11 is 0. The van der Waals surface area contributed by atoms with Gasteiger partial charge in [-0.3, -0.25) is 0 Å². The molecule has 1 saturated heterocycles. The molecular weight excluding hydrogens is 165 g/mol. The van der Waals surface area contributed by atoms with Gasteiger partial charge in [0, 0.05) is 0 Å². The van der Waals surface area contributed by atoms with Crippen molar-refractivity contribution in [3.05, 3.63) is 12.3 Å². The molecule has 0 radical (unpaired) electrons. The van der Waals surface area contributed by atoms with E-state index in [1.54, 1.807) is 0 Å². The number of cyclic esters (lactones) is 2. The van der Waals surface area contributed by atoms with E-state index in [1.807, 2.05) is 0 Å². The predicted octanol–water partition coefficient (Wildman–Crippen LogP) is 1.60. The first-order valence-corrected chi connectivity index (χ1v) is 2.55. The molecule has 0 aliphatic carbocycles. The molecule has 1 unspecified atom stereocenters. The summed E-state index contributed by atoms with van der Waals surface area (Å²) in [5.74, 6) is -0.720. The van der Waals surface area contributed by atoms with Crippen molar-refractivity contribution in [2.24, 2.45) is 0 Å². The van der Waals surface area contributed by atoms with Crippen LogP contribution >= 0.6 is 0 Å². The third-order valence-electron chi connectivity index (χ3n) is 1.02. The zero-order valence-corrected chi connectivity index (χ0v) is 5.14. The summed E-state index contributed by atoms with van der Waals surface area (Å²) in [4.78, 5) is 10.1. The summed E-state index contributed by atoms with van der Waals surface area (Å²) in [6.07, 6.45) is -8.31. The summed E-state index contributed by atoms with van der Waals surface area (Å²) < 4.78 is 43.0. The highest BCUT2D eigenvalue weighted by atomic mass is 19.4. The highest BCUT2D eigenvalue weighted by Crippen LogP contribution is 2.32. The maximum Gasteiger partial charge on any atom is 0.514 e. The minimum absolute atomic E-state index is 0.720. The SMILES string of the molecule is C=C1OC(=O)OC1C(F)(F)F. The fraction of sp³-hybridized carbons (Fsp3) is 0.400. The number of halogens is 3. The Labute approximate surface area is 59.4 Å². The zero-order chi connectivity index (χ0) is 8.65. The van der Waals surface area contributed by atoms with Crippen LogP contribution in [0.3, 0.4) is 0 Å². The van der Waals surface area contributed by atoms with Crippen molar-refractivity contribution in [2.75, 3.05) is 0 Å². The Bertz CT molecular complexity index is 208. The molecule has 62 valence electrons. The Morgan fingerprint density at radius 2 is 2.00 bits per heavy atom. The van der Waals surface area contributed by atoms with Crippen LogP contribution < -0.4 is 0 Å². The number of alkyl halides is 3. The molecule has 0 aromatic carbocycles. The first kappa shape index (κ1) is 7.90. The van der Waals surface area contributed by atoms with Crippen LogP contribution in [0.2, 0.25) is 0 Å². The molecule has 1 aliphatic rings. The van der Waals surface area contributed by atoms with Crippen molar-refractivity contribution >= 4 is 6.16 Å². The van der Waals surface area contributed by atoms with Crippen molar-refractivity contribution in [1.82, 2.24) is 0 Å². The van der Waals surface area contributed by atoms with E-state index in [4.69, 9.17) is 0 Å². The van der Waals surface area contributed by atoms with Crippen LogP contribution in [0.1, 0.15) is 0 Å². The molecule has 0 saturated carbocycles. The Balaban J connectivity index is 2.76. The number of carbonyl (C=O) groups excluding carboxylic acids is 1. The van der Waals surface area contributed by atoms with E-state index in [-0.39, 0.29) is 0 Å². The number of rotatable bonds is 0. The van der Waals surface area contributed by atoms with E-state index in [0.29, 0.717) is 0 Å². The number of hydrogen-bond donors (Lipinski definition) is 0. The van der Waals surface area contributed by atoms with Crippen molar-refractivity contribution in [1.29, 1.82) is 0 Å². The molecule has 0 bridgehead atoms. The van der Waals surface area contributed by atoms with Crippen LogP contribution in [0.15, 0.2) is 12.3 Å². The minimum Gasteiger partial charge on any atom is -0.413 e. The minimum atomic E-state index is -4.64. The first-order valence-electron chi connectivity index (χ1n) is 2.55. The Morgan fingerprint density at radius 1 is 1.45 bits per heavy atom. The van der Waals surface area contributed by atoms with Gasteiger partial charge in [0.2, 0.25) is 0 Å². The van der Waals surface area contributed by atoms with Gasteiger partial charge >= 0.3 is 12.3 Å². The van der Waals surface area contributed by atoms with Crippen LogP contribution in [0.25, 0.3) is 0 Å². The number of hydrogen-bond acceptors (Lipinski definition) is 3. The van der Waals surface area contributed by atoms with Gasteiger partial charge in [-0.2, -0.15) is 13.2 Å². The van der Waals surface area contributed by atoms with Gasteiger partial charge in [-0.25, -0.2) is 4.79 Å². The van der Waals surface area contributed by atoms with Crippen LogP contribution in [-0.2, 0) is 9.47 Å². The number of carbonyl (C=O) groups is 1. The lowest BCUT2D eigenvalue weighted by atomic mass is 10.3. The second-order valence-corrected chi connectivity index (χ2v) is 1.86. The highest BCUT2D eigenvalue weighted by molar-refractivity contribution is 5.65. The molecule has 0 aromatic heterocycles. The molecule has 0 N–H and O–H groups in total. The van der Waals surface area contributed by atoms with Gasteiger partial charge in [-0.15, -0.1) is 0 Å². The van der Waals surface area contributed by atoms with Crippen molar-refractivity contribution in [3.63, 3.8) is 0 Å². The zero-order valence-electron chi connectivity index (χ0n) is 5.14. The van der Waals surface area contributed by atoms with Crippen molar-refractivity contribution < 1.29 is 27.4 Å². The third kappa shape index (κ3) is 1.44. The fourth-order valence-electron chi connectivity index (χ4n) is 0.596. The van der Waals surface area contributed by atoms with Crippen LogP contribution in [0, 0.1) is 0 Å². The normalized spacial score (nSPS) is 24.8. The van der Waals surface area contributed by atoms with E-state index in [1.165, 1.54) is 0 Å². The maximum absolute atomic E-state index is 11.8. The molecule has 1 fully saturated rings. The van der Waals surface area contributed by atoms with E-state index < -0.39 is 24.2 Å². The monoisotopic (exact) mass is 168 g/mol. The van der Waals surface area contributed by atoms with E-state index in [0.717, 1.165) is 0 Å². The quantitative estimate of drug-likeness (QED) is 0.515. The van der Waals surface area contributed by atoms with E-state index >= 15 is 0 Å². The maximum atomic E-state index is 11.8. The lowest BCUT2D eigenvalue weighted by Crippen LogP contribution is -2.29. The molecule has 6 heteroatoms. The number of ether oxygens (including phenoxy) is 2. The van der Waals surface area contributed by atoms with Crippen LogP contribution in [-0.4, -0.2) is 18.4 Å². The average molecular weight is 168 g/mol. The largest absolute Gasteiger partial charge is 0.514 e. The Morgan fingerprint density at radius 3 is 2.18 bits per heavy atom.